The van der Waals surface area contributed by atoms with Crippen molar-refractivity contribution in [3.8, 4) is 0 Å². The van der Waals surface area contributed by atoms with Crippen LogP contribution < -0.4 is 10.2 Å². The Kier molecular flexibility index (Phi) is 7.26. The van der Waals surface area contributed by atoms with Gasteiger partial charge < -0.3 is 10.2 Å². The Balaban J connectivity index is 1.40. The van der Waals surface area contributed by atoms with Crippen LogP contribution in [0.25, 0.3) is 0 Å². The minimum Gasteiger partial charge on any atom is -0.372 e. The first-order chi connectivity index (χ1) is 15.6. The third kappa shape index (κ3) is 5.59. The Morgan fingerprint density at radius 1 is 0.844 bits per heavy atom. The van der Waals surface area contributed by atoms with E-state index in [0.717, 1.165) is 24.6 Å². The summed E-state index contributed by atoms with van der Waals surface area (Å²) in [5, 5.41) is 3.22. The van der Waals surface area contributed by atoms with Gasteiger partial charge in [0.2, 0.25) is 5.91 Å². The van der Waals surface area contributed by atoms with Crippen LogP contribution in [0.15, 0.2) is 84.9 Å². The van der Waals surface area contributed by atoms with E-state index >= 15 is 0 Å². The summed E-state index contributed by atoms with van der Waals surface area (Å²) in [7, 11) is 0. The van der Waals surface area contributed by atoms with Crippen LogP contribution in [0.1, 0.15) is 61.8 Å². The second kappa shape index (κ2) is 10.5. The number of rotatable bonds is 7. The molecular weight excluding hydrogens is 392 g/mol. The summed E-state index contributed by atoms with van der Waals surface area (Å²) in [5.41, 5.74) is 4.76. The van der Waals surface area contributed by atoms with Crippen LogP contribution in [-0.2, 0) is 4.79 Å². The Labute approximate surface area is 192 Å². The van der Waals surface area contributed by atoms with Crippen LogP contribution in [-0.4, -0.2) is 19.0 Å². The molecule has 1 fully saturated rings. The average Bonchev–Trinajstić information content (AvgIpc) is 2.84. The second-order valence-corrected chi connectivity index (χ2v) is 9.13. The molecule has 0 radical (unpaired) electrons. The van der Waals surface area contributed by atoms with Gasteiger partial charge in [-0.25, -0.2) is 0 Å². The molecule has 3 nitrogen and oxygen atoms in total. The molecule has 1 heterocycles. The lowest BCUT2D eigenvalue weighted by molar-refractivity contribution is -0.121. The van der Waals surface area contributed by atoms with Crippen molar-refractivity contribution >= 4 is 11.6 Å². The van der Waals surface area contributed by atoms with Gasteiger partial charge in [-0.05, 0) is 54.5 Å². The molecule has 3 aromatic carbocycles. The number of carbonyl (C=O) groups excluding carboxylic acids is 1. The van der Waals surface area contributed by atoms with Gasteiger partial charge in [0.25, 0.3) is 0 Å². The van der Waals surface area contributed by atoms with Crippen molar-refractivity contribution < 1.29 is 4.79 Å². The Bertz CT molecular complexity index is 937. The molecule has 1 N–H and O–H groups in total. The standard InChI is InChI=1S/C29H34N2O/c1-22-17-19-31(20-18-22)27-15-13-24(14-16-27)23(2)30-29(32)21-28(25-9-5-3-6-10-25)26-11-7-4-8-12-26/h3-16,22-23,28H,17-21H2,1-2H3,(H,30,32)/t23-/m0/s1. The lowest BCUT2D eigenvalue weighted by atomic mass is 9.88. The number of amides is 1. The van der Waals surface area contributed by atoms with Gasteiger partial charge in [-0.1, -0.05) is 79.7 Å². The number of hydrogen-bond donors (Lipinski definition) is 1. The zero-order valence-corrected chi connectivity index (χ0v) is 19.2. The van der Waals surface area contributed by atoms with Gasteiger partial charge in [0.05, 0.1) is 6.04 Å². The van der Waals surface area contributed by atoms with Crippen LogP contribution >= 0.6 is 0 Å². The van der Waals surface area contributed by atoms with Crippen molar-refractivity contribution in [3.63, 3.8) is 0 Å². The Hall–Kier alpha value is -3.07. The maximum atomic E-state index is 13.0. The number of benzene rings is 3. The van der Waals surface area contributed by atoms with Crippen molar-refractivity contribution in [2.75, 3.05) is 18.0 Å². The monoisotopic (exact) mass is 426 g/mol. The van der Waals surface area contributed by atoms with Gasteiger partial charge in [-0.15, -0.1) is 0 Å². The highest BCUT2D eigenvalue weighted by atomic mass is 16.1. The fourth-order valence-electron chi connectivity index (χ4n) is 4.61. The second-order valence-electron chi connectivity index (χ2n) is 9.13. The van der Waals surface area contributed by atoms with Crippen molar-refractivity contribution in [2.45, 2.75) is 45.1 Å². The average molecular weight is 427 g/mol. The zero-order valence-electron chi connectivity index (χ0n) is 19.2. The summed E-state index contributed by atoms with van der Waals surface area (Å²) in [5.74, 6) is 0.953. The Morgan fingerprint density at radius 2 is 1.38 bits per heavy atom. The molecule has 0 spiro atoms. The number of piperidine rings is 1. The van der Waals surface area contributed by atoms with Crippen LogP contribution in [0.3, 0.4) is 0 Å². The quantitative estimate of drug-likeness (QED) is 0.479. The molecule has 4 rings (SSSR count). The first kappa shape index (κ1) is 22.1. The van der Waals surface area contributed by atoms with Crippen molar-refractivity contribution in [1.29, 1.82) is 0 Å². The maximum absolute atomic E-state index is 13.0. The summed E-state index contributed by atoms with van der Waals surface area (Å²) in [6.45, 7) is 6.67. The molecule has 1 atom stereocenters. The fourth-order valence-corrected chi connectivity index (χ4v) is 4.61. The van der Waals surface area contributed by atoms with Crippen LogP contribution in [0.2, 0.25) is 0 Å². The van der Waals surface area contributed by atoms with E-state index in [1.54, 1.807) is 0 Å². The molecule has 1 amide bonds. The van der Waals surface area contributed by atoms with E-state index in [0.29, 0.717) is 6.42 Å². The van der Waals surface area contributed by atoms with E-state index in [1.807, 2.05) is 36.4 Å². The molecule has 1 aliphatic rings. The van der Waals surface area contributed by atoms with E-state index in [1.165, 1.54) is 29.7 Å². The first-order valence-corrected chi connectivity index (χ1v) is 11.8. The van der Waals surface area contributed by atoms with Gasteiger partial charge in [0.1, 0.15) is 0 Å². The van der Waals surface area contributed by atoms with Gasteiger partial charge in [0, 0.05) is 31.1 Å². The number of carbonyl (C=O) groups is 1. The lowest BCUT2D eigenvalue weighted by Crippen LogP contribution is -2.32. The molecule has 0 aliphatic carbocycles. The minimum absolute atomic E-state index is 0.0230. The SMILES string of the molecule is CC1CCN(c2ccc([C@H](C)NC(=O)CC(c3ccccc3)c3ccccc3)cc2)CC1. The van der Waals surface area contributed by atoms with Crippen LogP contribution in [0.5, 0.6) is 0 Å². The molecule has 0 unspecified atom stereocenters. The van der Waals surface area contributed by atoms with Crippen molar-refractivity contribution in [1.82, 2.24) is 5.32 Å². The van der Waals surface area contributed by atoms with E-state index in [2.05, 4.69) is 72.6 Å². The molecule has 1 saturated heterocycles. The summed E-state index contributed by atoms with van der Waals surface area (Å²) in [6, 6.07) is 29.3. The number of nitrogens with zero attached hydrogens (tertiary/aromatic N) is 1. The van der Waals surface area contributed by atoms with E-state index in [4.69, 9.17) is 0 Å². The van der Waals surface area contributed by atoms with E-state index in [-0.39, 0.29) is 17.9 Å². The van der Waals surface area contributed by atoms with Gasteiger partial charge in [-0.3, -0.25) is 4.79 Å². The molecule has 3 aromatic rings. The molecule has 3 heteroatoms. The summed E-state index contributed by atoms with van der Waals surface area (Å²) < 4.78 is 0. The third-order valence-corrected chi connectivity index (χ3v) is 6.71. The molecular formula is C29H34N2O. The zero-order chi connectivity index (χ0) is 22.3. The molecule has 0 saturated carbocycles. The molecule has 32 heavy (non-hydrogen) atoms. The number of hydrogen-bond acceptors (Lipinski definition) is 2. The molecule has 0 bridgehead atoms. The topological polar surface area (TPSA) is 32.3 Å². The van der Waals surface area contributed by atoms with E-state index in [9.17, 15) is 4.79 Å². The summed E-state index contributed by atoms with van der Waals surface area (Å²) in [6.07, 6.45) is 2.96. The normalized spacial score (nSPS) is 15.5. The van der Waals surface area contributed by atoms with Crippen LogP contribution in [0.4, 0.5) is 5.69 Å². The van der Waals surface area contributed by atoms with Gasteiger partial charge in [0.15, 0.2) is 0 Å². The third-order valence-electron chi connectivity index (χ3n) is 6.71. The molecule has 0 aromatic heterocycles. The smallest absolute Gasteiger partial charge is 0.221 e. The highest BCUT2D eigenvalue weighted by Crippen LogP contribution is 2.29. The van der Waals surface area contributed by atoms with Crippen molar-refractivity contribution in [2.24, 2.45) is 5.92 Å². The molecule has 166 valence electrons. The van der Waals surface area contributed by atoms with E-state index < -0.39 is 0 Å². The van der Waals surface area contributed by atoms with Gasteiger partial charge in [-0.2, -0.15) is 0 Å². The number of nitrogens with one attached hydrogen (secondary N) is 1. The summed E-state index contributed by atoms with van der Waals surface area (Å²) >= 11 is 0. The van der Waals surface area contributed by atoms with Gasteiger partial charge >= 0.3 is 0 Å². The lowest BCUT2D eigenvalue weighted by Gasteiger charge is -2.32. The Morgan fingerprint density at radius 3 is 1.91 bits per heavy atom. The number of anilines is 1. The molecule has 1 aliphatic heterocycles. The predicted octanol–water partition coefficient (Wildman–Crippen LogP) is 6.32. The van der Waals surface area contributed by atoms with Crippen LogP contribution in [0, 0.1) is 5.92 Å². The fraction of sp³-hybridized carbons (Fsp3) is 0.345. The predicted molar refractivity (Wildman–Crippen MR) is 133 cm³/mol. The highest BCUT2D eigenvalue weighted by molar-refractivity contribution is 5.78. The first-order valence-electron chi connectivity index (χ1n) is 11.8. The summed E-state index contributed by atoms with van der Waals surface area (Å²) in [4.78, 5) is 15.5. The minimum atomic E-state index is -0.0230. The van der Waals surface area contributed by atoms with Crippen molar-refractivity contribution in [3.05, 3.63) is 102 Å². The highest BCUT2D eigenvalue weighted by Gasteiger charge is 2.20. The maximum Gasteiger partial charge on any atom is 0.221 e. The largest absolute Gasteiger partial charge is 0.372 e.